The predicted octanol–water partition coefficient (Wildman–Crippen LogP) is 4.35. The number of rotatable bonds is 6. The lowest BCUT2D eigenvalue weighted by atomic mass is 10.1. The lowest BCUT2D eigenvalue weighted by Gasteiger charge is -2.21. The third-order valence-electron chi connectivity index (χ3n) is 5.09. The summed E-state index contributed by atoms with van der Waals surface area (Å²) < 4.78 is 17.9. The molecule has 1 aromatic carbocycles. The molecule has 0 aliphatic carbocycles. The van der Waals surface area contributed by atoms with E-state index in [2.05, 4.69) is 16.8 Å². The number of ether oxygens (including phenoxy) is 3. The maximum Gasteiger partial charge on any atom is 0.352 e. The Labute approximate surface area is 199 Å². The van der Waals surface area contributed by atoms with Crippen molar-refractivity contribution in [3.05, 3.63) is 47.8 Å². The van der Waals surface area contributed by atoms with Gasteiger partial charge in [0.05, 0.1) is 30.7 Å². The number of benzene rings is 1. The summed E-state index contributed by atoms with van der Waals surface area (Å²) in [6.07, 6.45) is 3.70. The number of hydrogen-bond donors (Lipinski definition) is 2. The number of fused-ring (bicyclic) bond motifs is 1. The average molecular weight is 463 g/mol. The molecule has 8 heteroatoms. The van der Waals surface area contributed by atoms with Crippen LogP contribution in [0, 0.1) is 17.3 Å². The minimum Gasteiger partial charge on any atom is -0.497 e. The van der Waals surface area contributed by atoms with Gasteiger partial charge in [0.2, 0.25) is 0 Å². The predicted molar refractivity (Wildman–Crippen MR) is 133 cm³/mol. The Bertz CT molecular complexity index is 1270. The summed E-state index contributed by atoms with van der Waals surface area (Å²) >= 11 is 0. The van der Waals surface area contributed by atoms with Crippen LogP contribution in [0.25, 0.3) is 10.9 Å². The topological polar surface area (TPSA) is 112 Å². The summed E-state index contributed by atoms with van der Waals surface area (Å²) in [4.78, 5) is 16.5. The first-order valence-electron chi connectivity index (χ1n) is 10.8. The molecule has 8 nitrogen and oxygen atoms in total. The monoisotopic (exact) mass is 462 g/mol. The fourth-order valence-electron chi connectivity index (χ4n) is 3.53. The number of anilines is 1. The number of nitrogens with one attached hydrogen (secondary N) is 1. The van der Waals surface area contributed by atoms with Crippen molar-refractivity contribution in [1.29, 1.82) is 5.41 Å². The van der Waals surface area contributed by atoms with Gasteiger partial charge in [-0.1, -0.05) is 11.8 Å². The number of nitrogens with two attached hydrogens (primary N) is 1. The Morgan fingerprint density at radius 2 is 1.82 bits per heavy atom. The van der Waals surface area contributed by atoms with Crippen LogP contribution in [0.1, 0.15) is 51.3 Å². The SMILES string of the molecule is COc1cc(C#Cc2cn([C@@H](C)CC(=N)C(=O)OC(C)(C)C)c3ccnc(N)c23)cc(OC)c1. The van der Waals surface area contributed by atoms with E-state index >= 15 is 0 Å². The molecule has 0 radical (unpaired) electrons. The summed E-state index contributed by atoms with van der Waals surface area (Å²) in [6, 6.07) is 7.05. The van der Waals surface area contributed by atoms with E-state index in [1.807, 2.05) is 35.9 Å². The number of hydrogen-bond acceptors (Lipinski definition) is 7. The van der Waals surface area contributed by atoms with E-state index < -0.39 is 11.6 Å². The highest BCUT2D eigenvalue weighted by Gasteiger charge is 2.23. The summed E-state index contributed by atoms with van der Waals surface area (Å²) in [5.41, 5.74) is 7.69. The van der Waals surface area contributed by atoms with Crippen molar-refractivity contribution < 1.29 is 19.0 Å². The quantitative estimate of drug-likeness (QED) is 0.320. The number of pyridine rings is 1. The van der Waals surface area contributed by atoms with Gasteiger partial charge in [0, 0.05) is 36.5 Å². The molecular formula is C26H30N4O4. The average Bonchev–Trinajstić information content (AvgIpc) is 3.16. The molecule has 0 saturated heterocycles. The van der Waals surface area contributed by atoms with Crippen molar-refractivity contribution in [2.24, 2.45) is 0 Å². The largest absolute Gasteiger partial charge is 0.497 e. The fourth-order valence-corrected chi connectivity index (χ4v) is 3.53. The van der Waals surface area contributed by atoms with Crippen LogP contribution in [0.5, 0.6) is 11.5 Å². The lowest BCUT2D eigenvalue weighted by molar-refractivity contribution is -0.146. The maximum absolute atomic E-state index is 12.3. The second kappa shape index (κ2) is 9.87. The second-order valence-corrected chi connectivity index (χ2v) is 8.93. The highest BCUT2D eigenvalue weighted by atomic mass is 16.6. The molecule has 0 fully saturated rings. The molecule has 0 spiro atoms. The maximum atomic E-state index is 12.3. The van der Waals surface area contributed by atoms with E-state index in [0.29, 0.717) is 22.9 Å². The van der Waals surface area contributed by atoms with Gasteiger partial charge in [0.15, 0.2) is 0 Å². The number of carbonyl (C=O) groups excluding carboxylic acids is 1. The van der Waals surface area contributed by atoms with Gasteiger partial charge in [-0.15, -0.1) is 0 Å². The number of aromatic nitrogens is 2. The molecule has 2 heterocycles. The molecule has 3 N–H and O–H groups in total. The molecule has 2 aromatic heterocycles. The Hall–Kier alpha value is -3.99. The first-order valence-corrected chi connectivity index (χ1v) is 10.8. The van der Waals surface area contributed by atoms with Crippen molar-refractivity contribution in [1.82, 2.24) is 9.55 Å². The van der Waals surface area contributed by atoms with Crippen LogP contribution in [0.4, 0.5) is 5.82 Å². The van der Waals surface area contributed by atoms with Gasteiger partial charge in [-0.05, 0) is 45.9 Å². The highest BCUT2D eigenvalue weighted by molar-refractivity contribution is 6.35. The molecule has 178 valence electrons. The highest BCUT2D eigenvalue weighted by Crippen LogP contribution is 2.29. The van der Waals surface area contributed by atoms with Crippen LogP contribution >= 0.6 is 0 Å². The summed E-state index contributed by atoms with van der Waals surface area (Å²) in [5.74, 6) is 7.35. The van der Waals surface area contributed by atoms with E-state index in [0.717, 1.165) is 16.5 Å². The summed E-state index contributed by atoms with van der Waals surface area (Å²) in [7, 11) is 3.17. The molecule has 0 bridgehead atoms. The molecule has 0 aliphatic rings. The van der Waals surface area contributed by atoms with Gasteiger partial charge < -0.3 is 24.5 Å². The van der Waals surface area contributed by atoms with Gasteiger partial charge >= 0.3 is 5.97 Å². The zero-order valence-electron chi connectivity index (χ0n) is 20.4. The van der Waals surface area contributed by atoms with Gasteiger partial charge in [-0.2, -0.15) is 0 Å². The van der Waals surface area contributed by atoms with E-state index in [9.17, 15) is 4.79 Å². The molecule has 0 saturated carbocycles. The van der Waals surface area contributed by atoms with Crippen molar-refractivity contribution in [2.45, 2.75) is 45.8 Å². The Kier molecular flexibility index (Phi) is 7.16. The van der Waals surface area contributed by atoms with Crippen LogP contribution in [0.3, 0.4) is 0 Å². The van der Waals surface area contributed by atoms with Crippen molar-refractivity contribution >= 4 is 28.4 Å². The first-order chi connectivity index (χ1) is 16.0. The number of nitrogens with zero attached hydrogens (tertiary/aromatic N) is 2. The molecule has 3 rings (SSSR count). The smallest absolute Gasteiger partial charge is 0.352 e. The number of nitrogen functional groups attached to an aromatic ring is 1. The molecule has 0 unspecified atom stereocenters. The third-order valence-corrected chi connectivity index (χ3v) is 5.09. The normalized spacial score (nSPS) is 11.9. The minimum atomic E-state index is -0.654. The molecule has 0 aliphatic heterocycles. The molecular weight excluding hydrogens is 432 g/mol. The minimum absolute atomic E-state index is 0.0950. The van der Waals surface area contributed by atoms with Crippen molar-refractivity contribution in [3.63, 3.8) is 0 Å². The Morgan fingerprint density at radius 1 is 1.18 bits per heavy atom. The van der Waals surface area contributed by atoms with E-state index in [1.54, 1.807) is 47.3 Å². The fraction of sp³-hybridized carbons (Fsp3) is 0.346. The lowest BCUT2D eigenvalue weighted by Crippen LogP contribution is -2.29. The number of carbonyl (C=O) groups is 1. The van der Waals surface area contributed by atoms with Crippen LogP contribution < -0.4 is 15.2 Å². The Morgan fingerprint density at radius 3 is 2.41 bits per heavy atom. The van der Waals surface area contributed by atoms with E-state index in [1.165, 1.54) is 0 Å². The van der Waals surface area contributed by atoms with E-state index in [-0.39, 0.29) is 18.2 Å². The molecule has 3 aromatic rings. The van der Waals surface area contributed by atoms with Crippen LogP contribution in [0.15, 0.2) is 36.7 Å². The van der Waals surface area contributed by atoms with Gasteiger partial charge in [0.25, 0.3) is 0 Å². The second-order valence-electron chi connectivity index (χ2n) is 8.93. The summed E-state index contributed by atoms with van der Waals surface area (Å²) in [6.45, 7) is 7.26. The molecule has 34 heavy (non-hydrogen) atoms. The van der Waals surface area contributed by atoms with Gasteiger partial charge in [0.1, 0.15) is 28.6 Å². The molecule has 1 atom stereocenters. The van der Waals surface area contributed by atoms with Gasteiger partial charge in [-0.3, -0.25) is 5.41 Å². The van der Waals surface area contributed by atoms with Crippen molar-refractivity contribution in [2.75, 3.05) is 20.0 Å². The van der Waals surface area contributed by atoms with Crippen LogP contribution in [-0.4, -0.2) is 41.1 Å². The van der Waals surface area contributed by atoms with Crippen LogP contribution in [-0.2, 0) is 9.53 Å². The zero-order chi connectivity index (χ0) is 25.0. The standard InChI is InChI=1S/C26H30N4O4/c1-16(11-21(27)25(31)34-26(2,3)4)30-15-18(23-22(30)9-10-29-24(23)28)8-7-17-12-19(32-5)14-20(13-17)33-6/h9-10,12-16,27H,11H2,1-6H3,(H2,28,29)/t16-/m0/s1. The number of methoxy groups -OCH3 is 2. The third kappa shape index (κ3) is 5.67. The zero-order valence-corrected chi connectivity index (χ0v) is 20.4. The van der Waals surface area contributed by atoms with Crippen LogP contribution in [0.2, 0.25) is 0 Å². The van der Waals surface area contributed by atoms with Gasteiger partial charge in [-0.25, -0.2) is 9.78 Å². The Balaban J connectivity index is 1.97. The first kappa shape index (κ1) is 24.6. The molecule has 0 amide bonds. The van der Waals surface area contributed by atoms with Crippen molar-refractivity contribution in [3.8, 4) is 23.3 Å². The summed E-state index contributed by atoms with van der Waals surface area (Å²) in [5, 5.41) is 8.93. The van der Waals surface area contributed by atoms with E-state index in [4.69, 9.17) is 25.4 Å². The number of esters is 1.